The van der Waals surface area contributed by atoms with Gasteiger partial charge in [0.05, 0.1) is 0 Å². The zero-order valence-electron chi connectivity index (χ0n) is 6.33. The predicted octanol–water partition coefficient (Wildman–Crippen LogP) is 3.55. The summed E-state index contributed by atoms with van der Waals surface area (Å²) in [5.74, 6) is 0. The number of rotatable bonds is 3. The Morgan fingerprint density at radius 1 is 1.27 bits per heavy atom. The van der Waals surface area contributed by atoms with Crippen molar-refractivity contribution in [2.24, 2.45) is 0 Å². The molecule has 0 nitrogen and oxygen atoms in total. The minimum absolute atomic E-state index is 0.427. The van der Waals surface area contributed by atoms with E-state index in [1.165, 1.54) is 9.49 Å². The van der Waals surface area contributed by atoms with Crippen molar-refractivity contribution in [1.82, 2.24) is 0 Å². The molecule has 0 saturated carbocycles. The second-order valence-corrected chi connectivity index (χ2v) is 15.5. The standard InChI is InChI=1S/C9H9.Hg.HI/c1-2-6-9-7-4-3-5-8-9;;/h2-8H,1H2;;1H/q;+1;/p-1. The zero-order valence-corrected chi connectivity index (χ0v) is 14.0. The molecule has 54 valence electrons. The fourth-order valence-corrected chi connectivity index (χ4v) is 5.14. The number of allylic oxidation sites excluding steroid dienone is 1. The maximum atomic E-state index is 2.60. The Labute approximate surface area is 88.9 Å². The molecule has 0 bridgehead atoms. The van der Waals surface area contributed by atoms with Crippen LogP contribution < -0.4 is 0 Å². The molecule has 0 N–H and O–H groups in total. The monoisotopic (exact) mass is 446 g/mol. The number of hydrogen-bond donors (Lipinski definition) is 0. The van der Waals surface area contributed by atoms with E-state index in [4.69, 9.17) is 0 Å². The molecule has 2 heteroatoms. The molecule has 0 fully saturated rings. The Hall–Kier alpha value is 0.625. The molecule has 0 unspecified atom stereocenters. The second kappa shape index (κ2) is 6.18. The van der Waals surface area contributed by atoms with Gasteiger partial charge in [0, 0.05) is 0 Å². The summed E-state index contributed by atoms with van der Waals surface area (Å²) in [6, 6.07) is 10.5. The molecule has 0 heterocycles. The SMILES string of the molecule is [I][Hg][CH2]C=Cc1ccccc1. The van der Waals surface area contributed by atoms with Gasteiger partial charge >= 0.3 is 89.9 Å². The molecule has 0 aliphatic rings. The molecule has 0 atom stereocenters. The van der Waals surface area contributed by atoms with Gasteiger partial charge in [-0.1, -0.05) is 0 Å². The summed E-state index contributed by atoms with van der Waals surface area (Å²) in [6.07, 6.45) is 4.53. The van der Waals surface area contributed by atoms with Crippen molar-refractivity contribution in [2.75, 3.05) is 0 Å². The van der Waals surface area contributed by atoms with E-state index in [1.807, 2.05) is 0 Å². The summed E-state index contributed by atoms with van der Waals surface area (Å²) in [6.45, 7) is 0. The first-order chi connectivity index (χ1) is 5.43. The summed E-state index contributed by atoms with van der Waals surface area (Å²) >= 11 is 2.17. The van der Waals surface area contributed by atoms with Crippen LogP contribution in [0.25, 0.3) is 6.08 Å². The topological polar surface area (TPSA) is 0 Å². The van der Waals surface area contributed by atoms with Gasteiger partial charge in [0.1, 0.15) is 0 Å². The van der Waals surface area contributed by atoms with E-state index in [2.05, 4.69) is 60.1 Å². The molecule has 0 spiro atoms. The Morgan fingerprint density at radius 3 is 2.64 bits per heavy atom. The van der Waals surface area contributed by atoms with Gasteiger partial charge in [-0.3, -0.25) is 0 Å². The van der Waals surface area contributed by atoms with E-state index in [0.29, 0.717) is 0 Å². The van der Waals surface area contributed by atoms with Crippen molar-refractivity contribution in [3.05, 3.63) is 42.0 Å². The van der Waals surface area contributed by atoms with Crippen LogP contribution in [0.3, 0.4) is 0 Å². The fraction of sp³-hybridized carbons (Fsp3) is 0.111. The van der Waals surface area contributed by atoms with Crippen LogP contribution in [-0.4, -0.2) is 0 Å². The van der Waals surface area contributed by atoms with Crippen LogP contribution in [0.4, 0.5) is 0 Å². The molecular formula is C9H9HgI. The normalized spacial score (nSPS) is 9.91. The zero-order chi connectivity index (χ0) is 7.94. The van der Waals surface area contributed by atoms with Gasteiger partial charge < -0.3 is 0 Å². The van der Waals surface area contributed by atoms with Crippen LogP contribution in [0.15, 0.2) is 36.4 Å². The molecule has 0 aromatic heterocycles. The third-order valence-corrected chi connectivity index (χ3v) is 8.99. The molecule has 1 aromatic carbocycles. The molecular weight excluding hydrogens is 436 g/mol. The predicted molar refractivity (Wildman–Crippen MR) is 54.3 cm³/mol. The van der Waals surface area contributed by atoms with Crippen molar-refractivity contribution in [1.29, 1.82) is 0 Å². The van der Waals surface area contributed by atoms with Gasteiger partial charge in [-0.15, -0.1) is 0 Å². The second-order valence-electron chi connectivity index (χ2n) is 2.29. The molecule has 0 aliphatic carbocycles. The summed E-state index contributed by atoms with van der Waals surface area (Å²) in [5.41, 5.74) is 1.32. The van der Waals surface area contributed by atoms with E-state index in [1.54, 1.807) is 0 Å². The Balaban J connectivity index is 2.50. The summed E-state index contributed by atoms with van der Waals surface area (Å²) in [4.78, 5) is 0. The minimum atomic E-state index is -0.427. The Kier molecular flexibility index (Phi) is 5.45. The first-order valence-electron chi connectivity index (χ1n) is 3.71. The molecule has 11 heavy (non-hydrogen) atoms. The van der Waals surface area contributed by atoms with Crippen LogP contribution in [0.2, 0.25) is 3.93 Å². The van der Waals surface area contributed by atoms with Crippen LogP contribution in [0.1, 0.15) is 5.56 Å². The van der Waals surface area contributed by atoms with Crippen LogP contribution in [0.5, 0.6) is 0 Å². The number of benzene rings is 1. The molecule has 0 radical (unpaired) electrons. The van der Waals surface area contributed by atoms with Gasteiger partial charge in [-0.05, 0) is 0 Å². The van der Waals surface area contributed by atoms with Crippen LogP contribution in [0, 0.1) is 0 Å². The first-order valence-corrected chi connectivity index (χ1v) is 23.1. The van der Waals surface area contributed by atoms with Gasteiger partial charge in [-0.25, -0.2) is 0 Å². The average Bonchev–Trinajstić information content (AvgIpc) is 2.07. The quantitative estimate of drug-likeness (QED) is 0.494. The molecule has 1 aromatic rings. The summed E-state index contributed by atoms with van der Waals surface area (Å²) in [5, 5.41) is 0. The summed E-state index contributed by atoms with van der Waals surface area (Å²) < 4.78 is 1.38. The van der Waals surface area contributed by atoms with Gasteiger partial charge in [0.15, 0.2) is 0 Å². The van der Waals surface area contributed by atoms with Crippen LogP contribution >= 0.6 is 17.7 Å². The van der Waals surface area contributed by atoms with Gasteiger partial charge in [0.2, 0.25) is 0 Å². The summed E-state index contributed by atoms with van der Waals surface area (Å²) in [7, 11) is 0. The van der Waals surface area contributed by atoms with Crippen molar-refractivity contribution in [3.8, 4) is 0 Å². The van der Waals surface area contributed by atoms with Crippen molar-refractivity contribution in [3.63, 3.8) is 0 Å². The van der Waals surface area contributed by atoms with E-state index in [0.717, 1.165) is 0 Å². The van der Waals surface area contributed by atoms with Crippen molar-refractivity contribution in [2.45, 2.75) is 3.93 Å². The van der Waals surface area contributed by atoms with E-state index >= 15 is 0 Å². The first kappa shape index (κ1) is 9.71. The van der Waals surface area contributed by atoms with Crippen LogP contribution in [-0.2, 0) is 20.2 Å². The van der Waals surface area contributed by atoms with Crippen molar-refractivity contribution >= 4 is 23.7 Å². The number of hydrogen-bond acceptors (Lipinski definition) is 0. The molecule has 1 rings (SSSR count). The van der Waals surface area contributed by atoms with E-state index in [-0.39, 0.29) is 0 Å². The van der Waals surface area contributed by atoms with Gasteiger partial charge in [-0.2, -0.15) is 0 Å². The third kappa shape index (κ3) is 4.26. The molecule has 0 amide bonds. The van der Waals surface area contributed by atoms with E-state index in [9.17, 15) is 0 Å². The van der Waals surface area contributed by atoms with E-state index < -0.39 is 20.2 Å². The third-order valence-electron chi connectivity index (χ3n) is 1.39. The van der Waals surface area contributed by atoms with Gasteiger partial charge in [0.25, 0.3) is 0 Å². The fourth-order valence-electron chi connectivity index (χ4n) is 0.847. The molecule has 0 saturated heterocycles. The molecule has 0 aliphatic heterocycles. The maximum absolute atomic E-state index is 2.60. The Bertz CT molecular complexity index is 218. The number of halogens is 1. The average molecular weight is 445 g/mol. The Morgan fingerprint density at radius 2 is 2.00 bits per heavy atom. The van der Waals surface area contributed by atoms with Crippen molar-refractivity contribution < 1.29 is 20.2 Å².